The molecule has 2 aliphatic rings. The van der Waals surface area contributed by atoms with Crippen LogP contribution in [0, 0.1) is 0 Å². The van der Waals surface area contributed by atoms with Crippen LogP contribution >= 0.6 is 12.4 Å². The Morgan fingerprint density at radius 3 is 2.44 bits per heavy atom. The lowest BCUT2D eigenvalue weighted by atomic mass is 10.0. The predicted molar refractivity (Wildman–Crippen MR) is 110 cm³/mol. The molecular weight excluding hydrogens is 362 g/mol. The van der Waals surface area contributed by atoms with Gasteiger partial charge in [-0.1, -0.05) is 25.1 Å². The monoisotopic (exact) mass is 393 g/mol. The van der Waals surface area contributed by atoms with E-state index in [4.69, 9.17) is 0 Å². The standard InChI is InChI=1S/C21H31N3O2.ClH/c1-2-13-24(20(25)16-18-9-6-12-22-18)19-10-14-23(15-11-19)21(26)17-7-4-3-5-8-17;/h3-5,7-8,18-19,22H,2,6,9-16H2,1H3;1H. The molecule has 1 aromatic carbocycles. The Hall–Kier alpha value is -1.59. The first kappa shape index (κ1) is 21.7. The number of rotatable bonds is 6. The molecule has 5 nitrogen and oxygen atoms in total. The Kier molecular flexibility index (Phi) is 8.58. The molecule has 150 valence electrons. The second-order valence-corrected chi connectivity index (χ2v) is 7.47. The van der Waals surface area contributed by atoms with Crippen LogP contribution in [0.4, 0.5) is 0 Å². The number of nitrogens with zero attached hydrogens (tertiary/aromatic N) is 2. The van der Waals surface area contributed by atoms with Gasteiger partial charge in [-0.05, 0) is 50.8 Å². The lowest BCUT2D eigenvalue weighted by Gasteiger charge is -2.39. The van der Waals surface area contributed by atoms with Crippen LogP contribution in [0.15, 0.2) is 30.3 Å². The van der Waals surface area contributed by atoms with Crippen LogP contribution in [0.25, 0.3) is 0 Å². The SMILES string of the molecule is CCCN(C(=O)CC1CCCN1)C1CCN(C(=O)c2ccccc2)CC1.Cl. The van der Waals surface area contributed by atoms with E-state index in [1.807, 2.05) is 35.2 Å². The van der Waals surface area contributed by atoms with Crippen molar-refractivity contribution in [3.63, 3.8) is 0 Å². The van der Waals surface area contributed by atoms with Gasteiger partial charge in [0, 0.05) is 43.7 Å². The van der Waals surface area contributed by atoms with Crippen LogP contribution in [0.2, 0.25) is 0 Å². The third-order valence-corrected chi connectivity index (χ3v) is 5.58. The summed E-state index contributed by atoms with van der Waals surface area (Å²) in [5.41, 5.74) is 0.750. The molecule has 0 aliphatic carbocycles. The average molecular weight is 394 g/mol. The third kappa shape index (κ3) is 5.69. The van der Waals surface area contributed by atoms with Crippen molar-refractivity contribution >= 4 is 24.2 Å². The number of likely N-dealkylation sites (tertiary alicyclic amines) is 1. The molecule has 2 saturated heterocycles. The van der Waals surface area contributed by atoms with Crippen molar-refractivity contribution in [1.82, 2.24) is 15.1 Å². The first-order valence-electron chi connectivity index (χ1n) is 10.1. The summed E-state index contributed by atoms with van der Waals surface area (Å²) in [6.45, 7) is 5.44. The van der Waals surface area contributed by atoms with Crippen molar-refractivity contribution in [1.29, 1.82) is 0 Å². The number of amides is 2. The highest BCUT2D eigenvalue weighted by Crippen LogP contribution is 2.21. The van der Waals surface area contributed by atoms with Crippen molar-refractivity contribution in [3.05, 3.63) is 35.9 Å². The molecule has 2 aliphatic heterocycles. The van der Waals surface area contributed by atoms with Gasteiger partial charge in [-0.15, -0.1) is 12.4 Å². The molecule has 2 amide bonds. The number of nitrogens with one attached hydrogen (secondary N) is 1. The van der Waals surface area contributed by atoms with Gasteiger partial charge < -0.3 is 15.1 Å². The highest BCUT2D eigenvalue weighted by atomic mass is 35.5. The second-order valence-electron chi connectivity index (χ2n) is 7.47. The fraction of sp³-hybridized carbons (Fsp3) is 0.619. The minimum absolute atomic E-state index is 0. The Morgan fingerprint density at radius 1 is 1.15 bits per heavy atom. The van der Waals surface area contributed by atoms with Crippen molar-refractivity contribution in [2.75, 3.05) is 26.2 Å². The van der Waals surface area contributed by atoms with E-state index in [2.05, 4.69) is 17.1 Å². The van der Waals surface area contributed by atoms with E-state index in [1.165, 1.54) is 6.42 Å². The van der Waals surface area contributed by atoms with E-state index in [9.17, 15) is 9.59 Å². The number of piperidine rings is 1. The molecule has 0 saturated carbocycles. The summed E-state index contributed by atoms with van der Waals surface area (Å²) >= 11 is 0. The summed E-state index contributed by atoms with van der Waals surface area (Å²) in [6.07, 6.45) is 5.63. The molecule has 1 atom stereocenters. The van der Waals surface area contributed by atoms with Crippen LogP contribution in [0.3, 0.4) is 0 Å². The van der Waals surface area contributed by atoms with Gasteiger partial charge in [-0.2, -0.15) is 0 Å². The number of halogens is 1. The molecule has 2 heterocycles. The van der Waals surface area contributed by atoms with Crippen molar-refractivity contribution in [3.8, 4) is 0 Å². The summed E-state index contributed by atoms with van der Waals surface area (Å²) in [7, 11) is 0. The maximum atomic E-state index is 12.8. The maximum absolute atomic E-state index is 12.8. The molecule has 1 N–H and O–H groups in total. The smallest absolute Gasteiger partial charge is 0.253 e. The maximum Gasteiger partial charge on any atom is 0.253 e. The van der Waals surface area contributed by atoms with E-state index in [0.29, 0.717) is 12.5 Å². The molecule has 0 bridgehead atoms. The summed E-state index contributed by atoms with van der Waals surface area (Å²) in [5.74, 6) is 0.381. The molecule has 0 aromatic heterocycles. The minimum Gasteiger partial charge on any atom is -0.340 e. The molecule has 1 unspecified atom stereocenters. The van der Waals surface area contributed by atoms with Crippen molar-refractivity contribution in [2.24, 2.45) is 0 Å². The first-order valence-corrected chi connectivity index (χ1v) is 10.1. The Balaban J connectivity index is 0.00000261. The average Bonchev–Trinajstić information content (AvgIpc) is 3.19. The Labute approximate surface area is 168 Å². The molecular formula is C21H32ClN3O2. The number of carbonyl (C=O) groups excluding carboxylic acids is 2. The summed E-state index contributed by atoms with van der Waals surface area (Å²) < 4.78 is 0. The van der Waals surface area contributed by atoms with Crippen molar-refractivity contribution < 1.29 is 9.59 Å². The highest BCUT2D eigenvalue weighted by molar-refractivity contribution is 5.94. The molecule has 6 heteroatoms. The van der Waals surface area contributed by atoms with E-state index >= 15 is 0 Å². The predicted octanol–water partition coefficient (Wildman–Crippen LogP) is 3.09. The first-order chi connectivity index (χ1) is 12.7. The fourth-order valence-electron chi connectivity index (χ4n) is 4.15. The quantitative estimate of drug-likeness (QED) is 0.807. The molecule has 3 rings (SSSR count). The normalized spacial score (nSPS) is 20.2. The van der Waals surface area contributed by atoms with Crippen LogP contribution < -0.4 is 5.32 Å². The summed E-state index contributed by atoms with van der Waals surface area (Å²) in [5, 5.41) is 3.43. The van der Waals surface area contributed by atoms with Gasteiger partial charge in [0.1, 0.15) is 0 Å². The van der Waals surface area contributed by atoms with Gasteiger partial charge in [0.05, 0.1) is 0 Å². The lowest BCUT2D eigenvalue weighted by Crippen LogP contribution is -2.49. The fourth-order valence-corrected chi connectivity index (χ4v) is 4.15. The Morgan fingerprint density at radius 2 is 1.85 bits per heavy atom. The number of hydrogen-bond donors (Lipinski definition) is 1. The zero-order valence-corrected chi connectivity index (χ0v) is 17.0. The topological polar surface area (TPSA) is 52.7 Å². The van der Waals surface area contributed by atoms with E-state index in [-0.39, 0.29) is 30.3 Å². The Bertz CT molecular complexity index is 597. The van der Waals surface area contributed by atoms with E-state index in [0.717, 1.165) is 57.4 Å². The van der Waals surface area contributed by atoms with Gasteiger partial charge >= 0.3 is 0 Å². The van der Waals surface area contributed by atoms with E-state index < -0.39 is 0 Å². The number of carbonyl (C=O) groups is 2. The minimum atomic E-state index is 0. The zero-order valence-electron chi connectivity index (χ0n) is 16.2. The molecule has 27 heavy (non-hydrogen) atoms. The van der Waals surface area contributed by atoms with Gasteiger partial charge in [-0.3, -0.25) is 9.59 Å². The summed E-state index contributed by atoms with van der Waals surface area (Å²) in [4.78, 5) is 29.5. The van der Waals surface area contributed by atoms with Gasteiger partial charge in [0.2, 0.25) is 5.91 Å². The van der Waals surface area contributed by atoms with Gasteiger partial charge in [0.15, 0.2) is 0 Å². The number of benzene rings is 1. The largest absolute Gasteiger partial charge is 0.340 e. The molecule has 2 fully saturated rings. The zero-order chi connectivity index (χ0) is 18.4. The van der Waals surface area contributed by atoms with Crippen LogP contribution in [0.5, 0.6) is 0 Å². The number of hydrogen-bond acceptors (Lipinski definition) is 3. The van der Waals surface area contributed by atoms with Gasteiger partial charge in [0.25, 0.3) is 5.91 Å². The van der Waals surface area contributed by atoms with Crippen LogP contribution in [0.1, 0.15) is 55.8 Å². The van der Waals surface area contributed by atoms with Gasteiger partial charge in [-0.25, -0.2) is 0 Å². The molecule has 0 radical (unpaired) electrons. The molecule has 0 spiro atoms. The van der Waals surface area contributed by atoms with Crippen molar-refractivity contribution in [2.45, 2.75) is 57.5 Å². The van der Waals surface area contributed by atoms with E-state index in [1.54, 1.807) is 0 Å². The highest BCUT2D eigenvalue weighted by Gasteiger charge is 2.30. The lowest BCUT2D eigenvalue weighted by molar-refractivity contribution is -0.134. The van der Waals surface area contributed by atoms with Crippen LogP contribution in [-0.4, -0.2) is 59.9 Å². The second kappa shape index (κ2) is 10.7. The summed E-state index contributed by atoms with van der Waals surface area (Å²) in [6, 6.07) is 10.1. The third-order valence-electron chi connectivity index (χ3n) is 5.58. The molecule has 1 aromatic rings. The van der Waals surface area contributed by atoms with Crippen LogP contribution in [-0.2, 0) is 4.79 Å².